The Hall–Kier alpha value is -2.81. The highest BCUT2D eigenvalue weighted by atomic mass is 16.7. The van der Waals surface area contributed by atoms with Crippen LogP contribution in [0.4, 0.5) is 0 Å². The van der Waals surface area contributed by atoms with Gasteiger partial charge in [0.1, 0.15) is 6.10 Å². The fourth-order valence-electron chi connectivity index (χ4n) is 7.70. The van der Waals surface area contributed by atoms with Crippen LogP contribution < -0.4 is 4.74 Å². The standard InChI is InChI=1S/C28H32N2O6/c1-34-30(23(32)7-4-18-9-13-35-16-18)20-8-10-28(33)22-14-19-5-6-21(31)25-24(19)27(28,26(20)36-25)11-12-29(22)15-17-2-3-17/h4-7,9,13,16-17,20,22,26,31,33H,2-3,8,10-12,14-15H2,1H3/b7-4+/t20-,22+,26-,27-,28+/m0/s1. The van der Waals surface area contributed by atoms with Crippen molar-refractivity contribution in [3.63, 3.8) is 0 Å². The molecule has 3 heterocycles. The van der Waals surface area contributed by atoms with Crippen LogP contribution in [0.15, 0.2) is 41.2 Å². The predicted molar refractivity (Wildman–Crippen MR) is 130 cm³/mol. The van der Waals surface area contributed by atoms with Crippen molar-refractivity contribution in [3.05, 3.63) is 53.5 Å². The molecule has 2 bridgehead atoms. The monoisotopic (exact) mass is 492 g/mol. The highest BCUT2D eigenvalue weighted by Gasteiger charge is 2.73. The first-order chi connectivity index (χ1) is 17.5. The van der Waals surface area contributed by atoms with Crippen molar-refractivity contribution in [1.29, 1.82) is 0 Å². The van der Waals surface area contributed by atoms with Gasteiger partial charge in [0, 0.05) is 29.8 Å². The fraction of sp³-hybridized carbons (Fsp3) is 0.536. The van der Waals surface area contributed by atoms with Crippen LogP contribution in [0.5, 0.6) is 11.5 Å². The summed E-state index contributed by atoms with van der Waals surface area (Å²) in [4.78, 5) is 21.5. The molecule has 190 valence electrons. The summed E-state index contributed by atoms with van der Waals surface area (Å²) in [5, 5.41) is 24.8. The average Bonchev–Trinajstić information content (AvgIpc) is 3.38. The van der Waals surface area contributed by atoms with Crippen LogP contribution in [-0.4, -0.2) is 70.1 Å². The molecule has 1 aromatic heterocycles. The number of aromatic hydroxyl groups is 1. The molecule has 0 unspecified atom stereocenters. The number of hydrogen-bond acceptors (Lipinski definition) is 7. The molecule has 2 N–H and O–H groups in total. The second-order valence-corrected chi connectivity index (χ2v) is 11.1. The van der Waals surface area contributed by atoms with Gasteiger partial charge in [-0.25, -0.2) is 5.06 Å². The predicted octanol–water partition coefficient (Wildman–Crippen LogP) is 3.02. The zero-order valence-corrected chi connectivity index (χ0v) is 20.4. The van der Waals surface area contributed by atoms with E-state index >= 15 is 0 Å². The number of piperidine rings is 1. The summed E-state index contributed by atoms with van der Waals surface area (Å²) in [5.74, 6) is 0.991. The number of furan rings is 1. The van der Waals surface area contributed by atoms with Gasteiger partial charge in [-0.2, -0.15) is 0 Å². The number of hydroxylamine groups is 2. The van der Waals surface area contributed by atoms with Gasteiger partial charge in [0.05, 0.1) is 36.7 Å². The SMILES string of the molecule is CON(C(=O)/C=C/c1ccoc1)[C@H]1CC[C@@]2(O)[C@H]3Cc4ccc(O)c5c4[C@@]2(CCN3CC2CC2)[C@H]1O5. The maximum absolute atomic E-state index is 13.3. The molecule has 3 aliphatic carbocycles. The van der Waals surface area contributed by atoms with Crippen LogP contribution in [-0.2, 0) is 21.5 Å². The number of aliphatic hydroxyl groups is 1. The number of rotatable bonds is 6. The van der Waals surface area contributed by atoms with Crippen LogP contribution in [0.3, 0.4) is 0 Å². The minimum absolute atomic E-state index is 0.00502. The van der Waals surface area contributed by atoms with Gasteiger partial charge in [0.2, 0.25) is 0 Å². The number of amides is 1. The van der Waals surface area contributed by atoms with Crippen molar-refractivity contribution < 1.29 is 29.0 Å². The number of hydrogen-bond donors (Lipinski definition) is 2. The molecule has 2 aliphatic heterocycles. The first-order valence-electron chi connectivity index (χ1n) is 13.0. The zero-order valence-electron chi connectivity index (χ0n) is 20.4. The lowest BCUT2D eigenvalue weighted by atomic mass is 9.48. The minimum atomic E-state index is -0.998. The van der Waals surface area contributed by atoms with Gasteiger partial charge in [-0.1, -0.05) is 6.07 Å². The summed E-state index contributed by atoms with van der Waals surface area (Å²) in [6, 6.07) is 5.06. The van der Waals surface area contributed by atoms with Crippen molar-refractivity contribution in [2.75, 3.05) is 20.2 Å². The van der Waals surface area contributed by atoms with Crippen molar-refractivity contribution in [2.24, 2.45) is 5.92 Å². The maximum atomic E-state index is 13.3. The number of likely N-dealkylation sites (tertiary alicyclic amines) is 1. The Morgan fingerprint density at radius 3 is 2.89 bits per heavy atom. The van der Waals surface area contributed by atoms with E-state index < -0.39 is 23.2 Å². The third-order valence-electron chi connectivity index (χ3n) is 9.41. The van der Waals surface area contributed by atoms with Crippen LogP contribution in [0, 0.1) is 5.92 Å². The molecule has 1 aromatic carbocycles. The Bertz CT molecular complexity index is 1220. The van der Waals surface area contributed by atoms with E-state index in [0.29, 0.717) is 25.0 Å². The van der Waals surface area contributed by atoms with Gasteiger partial charge in [-0.3, -0.25) is 14.5 Å². The molecule has 2 saturated carbocycles. The largest absolute Gasteiger partial charge is 0.504 e. The van der Waals surface area contributed by atoms with Crippen LogP contribution in [0.25, 0.3) is 6.08 Å². The van der Waals surface area contributed by atoms with E-state index in [0.717, 1.165) is 42.1 Å². The lowest BCUT2D eigenvalue weighted by Gasteiger charge is -2.64. The van der Waals surface area contributed by atoms with Gasteiger partial charge < -0.3 is 19.4 Å². The van der Waals surface area contributed by atoms with Crippen LogP contribution >= 0.6 is 0 Å². The summed E-state index contributed by atoms with van der Waals surface area (Å²) in [6.07, 6.45) is 10.9. The molecule has 8 heteroatoms. The fourth-order valence-corrected chi connectivity index (χ4v) is 7.70. The number of benzene rings is 1. The molecule has 5 atom stereocenters. The zero-order chi connectivity index (χ0) is 24.7. The Kier molecular flexibility index (Phi) is 4.88. The minimum Gasteiger partial charge on any atom is -0.504 e. The first kappa shape index (κ1) is 22.4. The Morgan fingerprint density at radius 2 is 2.14 bits per heavy atom. The average molecular weight is 493 g/mol. The maximum Gasteiger partial charge on any atom is 0.270 e. The van der Waals surface area contributed by atoms with Crippen molar-refractivity contribution in [3.8, 4) is 11.5 Å². The van der Waals surface area contributed by atoms with Crippen LogP contribution in [0.2, 0.25) is 0 Å². The third-order valence-corrected chi connectivity index (χ3v) is 9.41. The van der Waals surface area contributed by atoms with Crippen LogP contribution in [0.1, 0.15) is 48.8 Å². The van der Waals surface area contributed by atoms with E-state index in [-0.39, 0.29) is 17.7 Å². The lowest BCUT2D eigenvalue weighted by Crippen LogP contribution is -2.78. The third kappa shape index (κ3) is 2.95. The van der Waals surface area contributed by atoms with Gasteiger partial charge >= 0.3 is 0 Å². The van der Waals surface area contributed by atoms with Crippen molar-refractivity contribution in [2.45, 2.75) is 67.7 Å². The van der Waals surface area contributed by atoms with Gasteiger partial charge in [-0.15, -0.1) is 0 Å². The molecule has 8 nitrogen and oxygen atoms in total. The van der Waals surface area contributed by atoms with E-state index in [9.17, 15) is 15.0 Å². The smallest absolute Gasteiger partial charge is 0.270 e. The number of phenols is 1. The molecule has 1 saturated heterocycles. The molecule has 1 amide bonds. The first-order valence-corrected chi connectivity index (χ1v) is 13.0. The highest BCUT2D eigenvalue weighted by molar-refractivity contribution is 5.91. The van der Waals surface area contributed by atoms with Gasteiger partial charge in [0.15, 0.2) is 11.5 Å². The number of phenolic OH excluding ortho intramolecular Hbond substituents is 1. The summed E-state index contributed by atoms with van der Waals surface area (Å²) >= 11 is 0. The topological polar surface area (TPSA) is 95.6 Å². The molecule has 36 heavy (non-hydrogen) atoms. The van der Waals surface area contributed by atoms with Gasteiger partial charge in [0.25, 0.3) is 5.91 Å². The summed E-state index contributed by atoms with van der Waals surface area (Å²) in [5.41, 5.74) is 1.17. The number of nitrogens with zero attached hydrogens (tertiary/aromatic N) is 2. The quantitative estimate of drug-likeness (QED) is 0.473. The molecule has 1 spiro atoms. The normalized spacial score (nSPS) is 34.4. The molecule has 3 fully saturated rings. The van der Waals surface area contributed by atoms with E-state index in [1.807, 2.05) is 6.07 Å². The Balaban J connectivity index is 1.29. The van der Waals surface area contributed by atoms with Crippen molar-refractivity contribution >= 4 is 12.0 Å². The van der Waals surface area contributed by atoms with E-state index in [2.05, 4.69) is 4.90 Å². The molecule has 5 aliphatic rings. The highest BCUT2D eigenvalue weighted by Crippen LogP contribution is 2.66. The number of carbonyl (C=O) groups excluding carboxylic acids is 1. The molecular weight excluding hydrogens is 460 g/mol. The molecule has 7 rings (SSSR count). The molecule has 0 radical (unpaired) electrons. The lowest BCUT2D eigenvalue weighted by molar-refractivity contribution is -0.238. The molecular formula is C28H32N2O6. The van der Waals surface area contributed by atoms with Gasteiger partial charge in [-0.05, 0) is 74.8 Å². The number of carbonyl (C=O) groups is 1. The van der Waals surface area contributed by atoms with E-state index in [1.54, 1.807) is 30.7 Å². The second-order valence-electron chi connectivity index (χ2n) is 11.1. The number of ether oxygens (including phenoxy) is 1. The Morgan fingerprint density at radius 1 is 1.28 bits per heavy atom. The second kappa shape index (κ2) is 7.84. The molecule has 2 aromatic rings. The summed E-state index contributed by atoms with van der Waals surface area (Å²) in [6.45, 7) is 1.89. The van der Waals surface area contributed by atoms with Crippen molar-refractivity contribution in [1.82, 2.24) is 9.96 Å². The van der Waals surface area contributed by atoms with E-state index in [1.165, 1.54) is 31.1 Å². The van der Waals surface area contributed by atoms with E-state index in [4.69, 9.17) is 14.0 Å². The summed E-state index contributed by atoms with van der Waals surface area (Å²) < 4.78 is 11.6. The Labute approximate surface area is 210 Å². The summed E-state index contributed by atoms with van der Waals surface area (Å²) in [7, 11) is 1.50.